The lowest BCUT2D eigenvalue weighted by Gasteiger charge is -2.12. The molecule has 1 unspecified atom stereocenters. The zero-order valence-electron chi connectivity index (χ0n) is 10.1. The first kappa shape index (κ1) is 14.2. The van der Waals surface area contributed by atoms with Gasteiger partial charge in [0.05, 0.1) is 6.61 Å². The Labute approximate surface area is 101 Å². The van der Waals surface area contributed by atoms with Gasteiger partial charge in [-0.1, -0.05) is 0 Å². The topological polar surface area (TPSA) is 88.8 Å². The Hall–Kier alpha value is -0.890. The standard InChI is InChI=1S/C10H17NO5S/c1-7(6-15-3)11-17(13,14)10-4-9(5-12)16-8(10)2/h4,7,11-12H,5-6H2,1-3H3. The molecule has 1 aromatic rings. The van der Waals surface area contributed by atoms with Crippen LogP contribution in [0.2, 0.25) is 0 Å². The van der Waals surface area contributed by atoms with Gasteiger partial charge < -0.3 is 14.3 Å². The summed E-state index contributed by atoms with van der Waals surface area (Å²) in [7, 11) is -2.14. The molecule has 0 radical (unpaired) electrons. The zero-order valence-corrected chi connectivity index (χ0v) is 10.9. The molecule has 0 saturated carbocycles. The molecule has 98 valence electrons. The summed E-state index contributed by atoms with van der Waals surface area (Å²) in [6.45, 7) is 3.19. The van der Waals surface area contributed by atoms with E-state index < -0.39 is 10.0 Å². The Bertz CT molecular complexity index is 465. The van der Waals surface area contributed by atoms with Crippen LogP contribution in [0.4, 0.5) is 0 Å². The minimum atomic E-state index is -3.64. The van der Waals surface area contributed by atoms with E-state index in [1.165, 1.54) is 20.1 Å². The van der Waals surface area contributed by atoms with Gasteiger partial charge in [0.15, 0.2) is 0 Å². The van der Waals surface area contributed by atoms with E-state index in [9.17, 15) is 8.42 Å². The van der Waals surface area contributed by atoms with Gasteiger partial charge in [-0.3, -0.25) is 0 Å². The molecule has 0 aromatic carbocycles. The molecule has 0 fully saturated rings. The number of hydrogen-bond donors (Lipinski definition) is 2. The second-order valence-electron chi connectivity index (χ2n) is 3.77. The molecule has 0 spiro atoms. The van der Waals surface area contributed by atoms with Gasteiger partial charge in [-0.25, -0.2) is 13.1 Å². The molecular weight excluding hydrogens is 246 g/mol. The smallest absolute Gasteiger partial charge is 0.244 e. The largest absolute Gasteiger partial charge is 0.462 e. The van der Waals surface area contributed by atoms with E-state index in [-0.39, 0.29) is 35.7 Å². The Balaban J connectivity index is 2.92. The van der Waals surface area contributed by atoms with E-state index >= 15 is 0 Å². The fourth-order valence-corrected chi connectivity index (χ4v) is 2.91. The maximum atomic E-state index is 12.0. The van der Waals surface area contributed by atoms with Crippen LogP contribution in [0.15, 0.2) is 15.4 Å². The van der Waals surface area contributed by atoms with Crippen molar-refractivity contribution in [3.05, 3.63) is 17.6 Å². The number of methoxy groups -OCH3 is 1. The highest BCUT2D eigenvalue weighted by molar-refractivity contribution is 7.89. The number of aliphatic hydroxyl groups excluding tert-OH is 1. The van der Waals surface area contributed by atoms with Crippen LogP contribution < -0.4 is 4.72 Å². The number of furan rings is 1. The highest BCUT2D eigenvalue weighted by atomic mass is 32.2. The normalized spacial score (nSPS) is 13.9. The van der Waals surface area contributed by atoms with Crippen LogP contribution in [0.3, 0.4) is 0 Å². The van der Waals surface area contributed by atoms with Crippen LogP contribution >= 0.6 is 0 Å². The molecule has 7 heteroatoms. The van der Waals surface area contributed by atoms with Crippen molar-refractivity contribution in [2.45, 2.75) is 31.4 Å². The molecule has 6 nitrogen and oxygen atoms in total. The number of hydrogen-bond acceptors (Lipinski definition) is 5. The van der Waals surface area contributed by atoms with Crippen molar-refractivity contribution in [3.63, 3.8) is 0 Å². The van der Waals surface area contributed by atoms with Crippen molar-refractivity contribution in [1.82, 2.24) is 4.72 Å². The average molecular weight is 263 g/mol. The third-order valence-corrected chi connectivity index (χ3v) is 3.84. The van der Waals surface area contributed by atoms with Crippen molar-refractivity contribution in [1.29, 1.82) is 0 Å². The third kappa shape index (κ3) is 3.53. The predicted octanol–water partition coefficient (Wildman–Crippen LogP) is 0.394. The number of aryl methyl sites for hydroxylation is 1. The number of sulfonamides is 1. The van der Waals surface area contributed by atoms with Gasteiger partial charge in [0.2, 0.25) is 10.0 Å². The van der Waals surface area contributed by atoms with Crippen molar-refractivity contribution < 1.29 is 22.7 Å². The molecule has 1 aromatic heterocycles. The summed E-state index contributed by atoms with van der Waals surface area (Å²) >= 11 is 0. The summed E-state index contributed by atoms with van der Waals surface area (Å²) in [4.78, 5) is 0.0458. The SMILES string of the molecule is COCC(C)NS(=O)(=O)c1cc(CO)oc1C. The molecule has 0 aliphatic rings. The average Bonchev–Trinajstić information content (AvgIpc) is 2.60. The fourth-order valence-electron chi connectivity index (χ4n) is 1.48. The van der Waals surface area contributed by atoms with Crippen molar-refractivity contribution >= 4 is 10.0 Å². The molecule has 0 aliphatic heterocycles. The van der Waals surface area contributed by atoms with Crippen LogP contribution in [0.25, 0.3) is 0 Å². The van der Waals surface area contributed by atoms with E-state index in [1.54, 1.807) is 6.92 Å². The molecule has 1 atom stereocenters. The molecule has 0 bridgehead atoms. The first-order valence-electron chi connectivity index (χ1n) is 5.12. The maximum Gasteiger partial charge on any atom is 0.244 e. The lowest BCUT2D eigenvalue weighted by Crippen LogP contribution is -2.35. The van der Waals surface area contributed by atoms with Gasteiger partial charge in [-0.15, -0.1) is 0 Å². The Morgan fingerprint density at radius 2 is 2.24 bits per heavy atom. The van der Waals surface area contributed by atoms with E-state index in [4.69, 9.17) is 14.3 Å². The molecule has 0 aliphatic carbocycles. The number of rotatable bonds is 6. The maximum absolute atomic E-state index is 12.0. The van der Waals surface area contributed by atoms with Crippen LogP contribution in [0.1, 0.15) is 18.4 Å². The van der Waals surface area contributed by atoms with E-state index in [0.717, 1.165) is 0 Å². The van der Waals surface area contributed by atoms with Gasteiger partial charge in [-0.05, 0) is 13.8 Å². The van der Waals surface area contributed by atoms with Crippen LogP contribution in [0.5, 0.6) is 0 Å². The van der Waals surface area contributed by atoms with Crippen molar-refractivity contribution in [2.75, 3.05) is 13.7 Å². The van der Waals surface area contributed by atoms with Crippen molar-refractivity contribution in [2.24, 2.45) is 0 Å². The van der Waals surface area contributed by atoms with Gasteiger partial charge in [-0.2, -0.15) is 0 Å². The highest BCUT2D eigenvalue weighted by Gasteiger charge is 2.23. The molecular formula is C10H17NO5S. The summed E-state index contributed by atoms with van der Waals surface area (Å²) in [5.74, 6) is 0.480. The second kappa shape index (κ2) is 5.63. The molecule has 0 amide bonds. The minimum Gasteiger partial charge on any atom is -0.462 e. The van der Waals surface area contributed by atoms with Gasteiger partial charge in [0.1, 0.15) is 23.0 Å². The van der Waals surface area contributed by atoms with E-state index in [0.29, 0.717) is 0 Å². The number of aliphatic hydroxyl groups is 1. The Kier molecular flexibility index (Phi) is 4.70. The van der Waals surface area contributed by atoms with Gasteiger partial charge in [0, 0.05) is 19.2 Å². The summed E-state index contributed by atoms with van der Waals surface area (Å²) in [6, 6.07) is 0.980. The fraction of sp³-hybridized carbons (Fsp3) is 0.600. The minimum absolute atomic E-state index is 0.0458. The lowest BCUT2D eigenvalue weighted by molar-refractivity contribution is 0.180. The quantitative estimate of drug-likeness (QED) is 0.775. The third-order valence-electron chi connectivity index (χ3n) is 2.14. The number of ether oxygens (including phenoxy) is 1. The molecule has 1 heterocycles. The first-order valence-corrected chi connectivity index (χ1v) is 6.60. The summed E-state index contributed by atoms with van der Waals surface area (Å²) in [5.41, 5.74) is 0. The van der Waals surface area contributed by atoms with E-state index in [2.05, 4.69) is 4.72 Å². The second-order valence-corrected chi connectivity index (χ2v) is 5.45. The van der Waals surface area contributed by atoms with Crippen molar-refractivity contribution in [3.8, 4) is 0 Å². The van der Waals surface area contributed by atoms with Crippen LogP contribution in [-0.2, 0) is 21.4 Å². The molecule has 2 N–H and O–H groups in total. The first-order chi connectivity index (χ1) is 7.90. The Morgan fingerprint density at radius 3 is 2.71 bits per heavy atom. The number of nitrogens with one attached hydrogen (secondary N) is 1. The van der Waals surface area contributed by atoms with Crippen LogP contribution in [-0.4, -0.2) is 33.3 Å². The molecule has 1 rings (SSSR count). The molecule has 0 saturated heterocycles. The van der Waals surface area contributed by atoms with Crippen LogP contribution in [0, 0.1) is 6.92 Å². The summed E-state index contributed by atoms with van der Waals surface area (Å²) in [6.07, 6.45) is 0. The lowest BCUT2D eigenvalue weighted by atomic mass is 10.4. The predicted molar refractivity (Wildman–Crippen MR) is 61.0 cm³/mol. The highest BCUT2D eigenvalue weighted by Crippen LogP contribution is 2.20. The summed E-state index contributed by atoms with van der Waals surface area (Å²) < 4.78 is 36.3. The van der Waals surface area contributed by atoms with Gasteiger partial charge >= 0.3 is 0 Å². The zero-order chi connectivity index (χ0) is 13.1. The monoisotopic (exact) mass is 263 g/mol. The van der Waals surface area contributed by atoms with Gasteiger partial charge in [0.25, 0.3) is 0 Å². The Morgan fingerprint density at radius 1 is 1.59 bits per heavy atom. The molecule has 17 heavy (non-hydrogen) atoms. The summed E-state index contributed by atoms with van der Waals surface area (Å²) in [5, 5.41) is 8.88. The van der Waals surface area contributed by atoms with E-state index in [1.807, 2.05) is 0 Å².